The highest BCUT2D eigenvalue weighted by atomic mass is 32.2. The number of halogens is 3. The molecule has 43 heavy (non-hydrogen) atoms. The molecule has 3 atom stereocenters. The minimum Gasteiger partial charge on any atom is -0.378 e. The van der Waals surface area contributed by atoms with Crippen LogP contribution in [0.25, 0.3) is 0 Å². The molecule has 226 valence electrons. The van der Waals surface area contributed by atoms with E-state index in [1.165, 1.54) is 16.7 Å². The minimum absolute atomic E-state index is 0.202. The van der Waals surface area contributed by atoms with Gasteiger partial charge in [0.05, 0.1) is 22.2 Å². The average Bonchev–Trinajstić information content (AvgIpc) is 3.43. The lowest BCUT2D eigenvalue weighted by Crippen LogP contribution is -2.39. The topological polar surface area (TPSA) is 82.9 Å². The van der Waals surface area contributed by atoms with Gasteiger partial charge in [-0.15, -0.1) is 0 Å². The number of thiazole rings is 1. The maximum atomic E-state index is 14.0. The SMILES string of the molecule is CN(C)c1ccc(C2c3sc(=O)n(CC(=O)N4CCCCC4)c3SC3C(=O)N(c4ccccc4C(F)(F)F)C(=O)C32)cc1. The van der Waals surface area contributed by atoms with Crippen molar-refractivity contribution >= 4 is 52.2 Å². The minimum atomic E-state index is -4.78. The summed E-state index contributed by atoms with van der Waals surface area (Å²) in [5.41, 5.74) is -0.0445. The highest BCUT2D eigenvalue weighted by Gasteiger charge is 2.57. The first-order chi connectivity index (χ1) is 20.5. The second-order valence-electron chi connectivity index (χ2n) is 11.1. The number of aromatic nitrogens is 1. The standard InChI is InChI=1S/C30H29F3N4O4S2/c1-34(2)18-12-10-17(11-13-18)22-23-24(27(40)37(26(23)39)20-9-5-4-8-19(20)30(31,32)33)42-28-25(22)43-29(41)36(28)16-21(38)35-14-6-3-7-15-35/h4-5,8-13,22-24H,3,6-7,14-16H2,1-2H3. The van der Waals surface area contributed by atoms with Crippen molar-refractivity contribution in [2.45, 2.75) is 48.2 Å². The van der Waals surface area contributed by atoms with Crippen LogP contribution >= 0.6 is 23.1 Å². The Morgan fingerprint density at radius 1 is 0.953 bits per heavy atom. The predicted molar refractivity (Wildman–Crippen MR) is 159 cm³/mol. The van der Waals surface area contributed by atoms with Crippen LogP contribution < -0.4 is 14.7 Å². The summed E-state index contributed by atoms with van der Waals surface area (Å²) in [6, 6.07) is 11.9. The average molecular weight is 631 g/mol. The van der Waals surface area contributed by atoms with E-state index in [9.17, 15) is 32.3 Å². The molecule has 2 fully saturated rings. The third-order valence-corrected chi connectivity index (χ3v) is 10.9. The molecule has 4 heterocycles. The largest absolute Gasteiger partial charge is 0.418 e. The highest BCUT2D eigenvalue weighted by molar-refractivity contribution is 8.00. The van der Waals surface area contributed by atoms with Crippen molar-refractivity contribution in [3.63, 3.8) is 0 Å². The summed E-state index contributed by atoms with van der Waals surface area (Å²) in [6.07, 6.45) is -1.97. The van der Waals surface area contributed by atoms with Gasteiger partial charge in [0.2, 0.25) is 17.7 Å². The van der Waals surface area contributed by atoms with E-state index in [0.29, 0.717) is 33.5 Å². The molecule has 0 N–H and O–H groups in total. The summed E-state index contributed by atoms with van der Waals surface area (Å²) in [5, 5.41) is -0.666. The van der Waals surface area contributed by atoms with Crippen molar-refractivity contribution in [2.24, 2.45) is 5.92 Å². The molecule has 0 bridgehead atoms. The number of anilines is 2. The molecule has 0 aliphatic carbocycles. The number of amides is 3. The van der Waals surface area contributed by atoms with Gasteiger partial charge in [0.25, 0.3) is 0 Å². The predicted octanol–water partition coefficient (Wildman–Crippen LogP) is 4.80. The van der Waals surface area contributed by atoms with Crippen LogP contribution in [0.2, 0.25) is 0 Å². The second-order valence-corrected chi connectivity index (χ2v) is 13.2. The van der Waals surface area contributed by atoms with Crippen LogP contribution in [-0.4, -0.2) is 59.6 Å². The molecule has 0 saturated carbocycles. The summed E-state index contributed by atoms with van der Waals surface area (Å²) >= 11 is 1.91. The molecule has 6 rings (SSSR count). The number of hydrogen-bond donors (Lipinski definition) is 0. The molecular weight excluding hydrogens is 601 g/mol. The van der Waals surface area contributed by atoms with Crippen LogP contribution in [0.3, 0.4) is 0 Å². The summed E-state index contributed by atoms with van der Waals surface area (Å²) in [6.45, 7) is 1.02. The molecule has 13 heteroatoms. The molecule has 0 spiro atoms. The molecule has 3 amide bonds. The normalized spacial score (nSPS) is 22.0. The van der Waals surface area contributed by atoms with Crippen LogP contribution in [0.5, 0.6) is 0 Å². The fraction of sp³-hybridized carbons (Fsp3) is 0.400. The van der Waals surface area contributed by atoms with Crippen molar-refractivity contribution in [1.29, 1.82) is 0 Å². The van der Waals surface area contributed by atoms with Crippen molar-refractivity contribution < 1.29 is 27.6 Å². The van der Waals surface area contributed by atoms with Gasteiger partial charge in [-0.05, 0) is 49.1 Å². The smallest absolute Gasteiger partial charge is 0.378 e. The van der Waals surface area contributed by atoms with E-state index in [-0.39, 0.29) is 17.3 Å². The maximum absolute atomic E-state index is 14.0. The second kappa shape index (κ2) is 11.2. The Bertz CT molecular complexity index is 1640. The lowest BCUT2D eigenvalue weighted by molar-refractivity contribution is -0.137. The summed E-state index contributed by atoms with van der Waals surface area (Å²) < 4.78 is 43.3. The molecule has 3 aliphatic heterocycles. The number of carbonyl (C=O) groups is 3. The Morgan fingerprint density at radius 3 is 2.28 bits per heavy atom. The van der Waals surface area contributed by atoms with Gasteiger partial charge in [-0.2, -0.15) is 13.2 Å². The van der Waals surface area contributed by atoms with Crippen LogP contribution in [0, 0.1) is 5.92 Å². The van der Waals surface area contributed by atoms with Gasteiger partial charge in [-0.3, -0.25) is 23.7 Å². The molecule has 2 aromatic carbocycles. The molecule has 3 unspecified atom stereocenters. The number of hydrogen-bond acceptors (Lipinski definition) is 7. The van der Waals surface area contributed by atoms with Crippen LogP contribution in [0.15, 0.2) is 58.4 Å². The Balaban J connectivity index is 1.46. The number of likely N-dealkylation sites (tertiary alicyclic amines) is 1. The van der Waals surface area contributed by atoms with E-state index in [2.05, 4.69) is 0 Å². The Labute approximate surface area is 254 Å². The number of nitrogens with zero attached hydrogens (tertiary/aromatic N) is 4. The van der Waals surface area contributed by atoms with E-state index in [4.69, 9.17) is 0 Å². The van der Waals surface area contributed by atoms with Gasteiger partial charge < -0.3 is 9.80 Å². The van der Waals surface area contributed by atoms with Gasteiger partial charge in [0.1, 0.15) is 11.8 Å². The number of piperidine rings is 1. The molecule has 0 radical (unpaired) electrons. The van der Waals surface area contributed by atoms with E-state index in [0.717, 1.165) is 60.2 Å². The van der Waals surface area contributed by atoms with E-state index in [1.807, 2.05) is 43.3 Å². The molecule has 1 aromatic heterocycles. The number of rotatable bonds is 5. The third-order valence-electron chi connectivity index (χ3n) is 8.27. The van der Waals surface area contributed by atoms with E-state index >= 15 is 0 Å². The first-order valence-electron chi connectivity index (χ1n) is 14.0. The van der Waals surface area contributed by atoms with Crippen molar-refractivity contribution in [3.8, 4) is 0 Å². The Hall–Kier alpha value is -3.58. The van der Waals surface area contributed by atoms with Crippen molar-refractivity contribution in [2.75, 3.05) is 37.0 Å². The number of thioether (sulfide) groups is 1. The van der Waals surface area contributed by atoms with Gasteiger partial charge in [-0.25, -0.2) is 4.90 Å². The van der Waals surface area contributed by atoms with Gasteiger partial charge in [-0.1, -0.05) is 47.4 Å². The summed E-state index contributed by atoms with van der Waals surface area (Å²) in [7, 11) is 3.75. The number of alkyl halides is 3. The molecule has 3 aliphatic rings. The first kappa shape index (κ1) is 29.5. The quantitative estimate of drug-likeness (QED) is 0.377. The lowest BCUT2D eigenvalue weighted by atomic mass is 9.83. The Kier molecular flexibility index (Phi) is 7.66. The monoisotopic (exact) mass is 630 g/mol. The van der Waals surface area contributed by atoms with E-state index in [1.54, 1.807) is 4.90 Å². The highest BCUT2D eigenvalue weighted by Crippen LogP contribution is 2.54. The number of imide groups is 1. The van der Waals surface area contributed by atoms with Gasteiger partial charge >= 0.3 is 11.0 Å². The lowest BCUT2D eigenvalue weighted by Gasteiger charge is -2.31. The number of para-hydroxylation sites is 1. The fourth-order valence-electron chi connectivity index (χ4n) is 6.12. The van der Waals surface area contributed by atoms with E-state index < -0.39 is 46.3 Å². The molecule has 8 nitrogen and oxygen atoms in total. The summed E-state index contributed by atoms with van der Waals surface area (Å²) in [5.74, 6) is -3.53. The Morgan fingerprint density at radius 2 is 1.63 bits per heavy atom. The zero-order chi connectivity index (χ0) is 30.6. The van der Waals surface area contributed by atoms with Crippen molar-refractivity contribution in [1.82, 2.24) is 9.47 Å². The number of benzene rings is 2. The summed E-state index contributed by atoms with van der Waals surface area (Å²) in [4.78, 5) is 58.9. The fourth-order valence-corrected chi connectivity index (χ4v) is 8.89. The number of carbonyl (C=O) groups excluding carboxylic acids is 3. The zero-order valence-electron chi connectivity index (χ0n) is 23.5. The van der Waals surface area contributed by atoms with Crippen LogP contribution in [-0.2, 0) is 27.1 Å². The molecular formula is C30H29F3N4O4S2. The molecule has 3 aromatic rings. The van der Waals surface area contributed by atoms with Crippen LogP contribution in [0.4, 0.5) is 24.5 Å². The zero-order valence-corrected chi connectivity index (χ0v) is 25.1. The van der Waals surface area contributed by atoms with Crippen LogP contribution in [0.1, 0.15) is 41.2 Å². The van der Waals surface area contributed by atoms with Gasteiger partial charge in [0, 0.05) is 43.7 Å². The van der Waals surface area contributed by atoms with Crippen molar-refractivity contribution in [3.05, 3.63) is 74.2 Å². The third kappa shape index (κ3) is 5.16. The first-order valence-corrected chi connectivity index (χ1v) is 15.7. The molecule has 2 saturated heterocycles. The van der Waals surface area contributed by atoms with Gasteiger partial charge in [0.15, 0.2) is 0 Å². The maximum Gasteiger partial charge on any atom is 0.418 e. The number of fused-ring (bicyclic) bond motifs is 2.